The quantitative estimate of drug-likeness (QED) is 0.308. The molecule has 2 N–H and O–H groups in total. The number of fused-ring (bicyclic) bond motifs is 1. The van der Waals surface area contributed by atoms with Gasteiger partial charge < -0.3 is 19.6 Å². The SMILES string of the molecule is CCc1noc(CC)c1CNC(=NC)NCCc1cn2ccccc2n1.I. The Hall–Kier alpha value is -2.10. The Morgan fingerprint density at radius 3 is 2.78 bits per heavy atom. The second-order valence-corrected chi connectivity index (χ2v) is 6.04. The van der Waals surface area contributed by atoms with Gasteiger partial charge in [-0.15, -0.1) is 24.0 Å². The van der Waals surface area contributed by atoms with Crippen LogP contribution in [-0.2, 0) is 25.8 Å². The highest BCUT2D eigenvalue weighted by atomic mass is 127. The monoisotopic (exact) mass is 482 g/mol. The number of halogens is 1. The zero-order valence-electron chi connectivity index (χ0n) is 16.0. The number of rotatable bonds is 7. The summed E-state index contributed by atoms with van der Waals surface area (Å²) in [5.74, 6) is 1.70. The average molecular weight is 482 g/mol. The summed E-state index contributed by atoms with van der Waals surface area (Å²) in [7, 11) is 1.77. The molecule has 0 saturated carbocycles. The third kappa shape index (κ3) is 5.21. The Balaban J connectivity index is 0.00000261. The van der Waals surface area contributed by atoms with Gasteiger partial charge in [-0.2, -0.15) is 0 Å². The molecule has 3 aromatic rings. The van der Waals surface area contributed by atoms with Crippen LogP contribution < -0.4 is 10.6 Å². The second kappa shape index (κ2) is 10.3. The summed E-state index contributed by atoms with van der Waals surface area (Å²) in [6.07, 6.45) is 6.60. The summed E-state index contributed by atoms with van der Waals surface area (Å²) in [4.78, 5) is 8.90. The van der Waals surface area contributed by atoms with Crippen LogP contribution in [0.15, 0.2) is 40.1 Å². The average Bonchev–Trinajstić information content (AvgIpc) is 3.27. The topological polar surface area (TPSA) is 79.8 Å². The van der Waals surface area contributed by atoms with Crippen LogP contribution in [0.25, 0.3) is 5.65 Å². The van der Waals surface area contributed by atoms with Crippen molar-refractivity contribution in [1.29, 1.82) is 0 Å². The number of imidazole rings is 1. The fourth-order valence-electron chi connectivity index (χ4n) is 2.95. The van der Waals surface area contributed by atoms with Crippen molar-refractivity contribution in [1.82, 2.24) is 25.2 Å². The molecule has 0 saturated heterocycles. The third-order valence-electron chi connectivity index (χ3n) is 4.35. The number of aryl methyl sites for hydroxylation is 2. The maximum Gasteiger partial charge on any atom is 0.191 e. The van der Waals surface area contributed by atoms with Crippen molar-refractivity contribution in [2.75, 3.05) is 13.6 Å². The zero-order valence-corrected chi connectivity index (χ0v) is 18.4. The lowest BCUT2D eigenvalue weighted by Crippen LogP contribution is -2.38. The summed E-state index contributed by atoms with van der Waals surface area (Å²) in [6, 6.07) is 6.01. The molecule has 0 fully saturated rings. The van der Waals surface area contributed by atoms with Crippen LogP contribution in [0.4, 0.5) is 0 Å². The van der Waals surface area contributed by atoms with Crippen LogP contribution in [-0.4, -0.2) is 34.1 Å². The van der Waals surface area contributed by atoms with Gasteiger partial charge in [0.2, 0.25) is 0 Å². The van der Waals surface area contributed by atoms with Gasteiger partial charge >= 0.3 is 0 Å². The van der Waals surface area contributed by atoms with Crippen molar-refractivity contribution >= 4 is 35.6 Å². The van der Waals surface area contributed by atoms with Crippen LogP contribution in [0, 0.1) is 0 Å². The minimum atomic E-state index is 0. The number of aliphatic imine (C=N–C) groups is 1. The molecule has 146 valence electrons. The van der Waals surface area contributed by atoms with Gasteiger partial charge in [0.1, 0.15) is 11.4 Å². The number of hydrogen-bond acceptors (Lipinski definition) is 4. The molecule has 0 spiro atoms. The normalized spacial score (nSPS) is 11.4. The molecule has 0 bridgehead atoms. The summed E-state index contributed by atoms with van der Waals surface area (Å²) in [6.45, 7) is 5.58. The first-order valence-corrected chi connectivity index (χ1v) is 9.08. The van der Waals surface area contributed by atoms with E-state index in [2.05, 4.69) is 45.8 Å². The largest absolute Gasteiger partial charge is 0.361 e. The van der Waals surface area contributed by atoms with E-state index in [1.54, 1.807) is 7.05 Å². The minimum Gasteiger partial charge on any atom is -0.361 e. The molecule has 0 unspecified atom stereocenters. The van der Waals surface area contributed by atoms with Crippen LogP contribution >= 0.6 is 24.0 Å². The van der Waals surface area contributed by atoms with Crippen LogP contribution in [0.1, 0.15) is 36.6 Å². The molecule has 27 heavy (non-hydrogen) atoms. The van der Waals surface area contributed by atoms with Gasteiger partial charge in [-0.05, 0) is 18.6 Å². The molecular formula is C19H27IN6O. The number of pyridine rings is 1. The first-order valence-electron chi connectivity index (χ1n) is 9.08. The third-order valence-corrected chi connectivity index (χ3v) is 4.35. The molecule has 0 radical (unpaired) electrons. The standard InChI is InChI=1S/C19H26N6O.HI/c1-4-16-15(17(5-2)26-24-16)12-22-19(20-3)21-10-9-14-13-25-11-7-6-8-18(25)23-14;/h6-8,11,13H,4-5,9-10,12H2,1-3H3,(H2,20,21,22);1H. The van der Waals surface area contributed by atoms with Crippen molar-refractivity contribution in [3.8, 4) is 0 Å². The summed E-state index contributed by atoms with van der Waals surface area (Å²) in [5, 5.41) is 10.8. The van der Waals surface area contributed by atoms with E-state index >= 15 is 0 Å². The molecule has 3 aromatic heterocycles. The number of nitrogens with one attached hydrogen (secondary N) is 2. The maximum atomic E-state index is 5.41. The van der Waals surface area contributed by atoms with Gasteiger partial charge in [-0.3, -0.25) is 4.99 Å². The highest BCUT2D eigenvalue weighted by Crippen LogP contribution is 2.15. The predicted octanol–water partition coefficient (Wildman–Crippen LogP) is 2.97. The zero-order chi connectivity index (χ0) is 18.4. The molecule has 3 heterocycles. The Bertz CT molecular complexity index is 831. The van der Waals surface area contributed by atoms with Crippen molar-refractivity contribution < 1.29 is 4.52 Å². The van der Waals surface area contributed by atoms with Gasteiger partial charge in [0.25, 0.3) is 0 Å². The van der Waals surface area contributed by atoms with Crippen molar-refractivity contribution in [2.24, 2.45) is 4.99 Å². The fraction of sp³-hybridized carbons (Fsp3) is 0.421. The van der Waals surface area contributed by atoms with E-state index in [1.165, 1.54) is 0 Å². The van der Waals surface area contributed by atoms with Gasteiger partial charge in [-0.1, -0.05) is 25.1 Å². The van der Waals surface area contributed by atoms with Crippen LogP contribution in [0.3, 0.4) is 0 Å². The second-order valence-electron chi connectivity index (χ2n) is 6.04. The Morgan fingerprint density at radius 2 is 2.07 bits per heavy atom. The van der Waals surface area contributed by atoms with E-state index in [-0.39, 0.29) is 24.0 Å². The smallest absolute Gasteiger partial charge is 0.191 e. The maximum absolute atomic E-state index is 5.41. The Kier molecular flexibility index (Phi) is 8.08. The summed E-state index contributed by atoms with van der Waals surface area (Å²) in [5.41, 5.74) is 4.17. The lowest BCUT2D eigenvalue weighted by atomic mass is 10.1. The van der Waals surface area contributed by atoms with Gasteiger partial charge in [-0.25, -0.2) is 4.98 Å². The molecule has 7 nitrogen and oxygen atoms in total. The summed E-state index contributed by atoms with van der Waals surface area (Å²) >= 11 is 0. The molecule has 0 aliphatic rings. The molecule has 8 heteroatoms. The van der Waals surface area contributed by atoms with E-state index in [0.29, 0.717) is 6.54 Å². The van der Waals surface area contributed by atoms with Gasteiger partial charge in [0.05, 0.1) is 11.4 Å². The molecule has 0 aliphatic carbocycles. The minimum absolute atomic E-state index is 0. The first-order chi connectivity index (χ1) is 12.7. The van der Waals surface area contributed by atoms with Crippen molar-refractivity contribution in [3.05, 3.63) is 53.3 Å². The lowest BCUT2D eigenvalue weighted by molar-refractivity contribution is 0.380. The fourth-order valence-corrected chi connectivity index (χ4v) is 2.95. The van der Waals surface area contributed by atoms with Gasteiger partial charge in [0.15, 0.2) is 5.96 Å². The number of guanidine groups is 1. The van der Waals surface area contributed by atoms with Crippen LogP contribution in [0.5, 0.6) is 0 Å². The number of aromatic nitrogens is 3. The van der Waals surface area contributed by atoms with E-state index in [1.807, 2.05) is 28.8 Å². The molecule has 3 rings (SSSR count). The van der Waals surface area contributed by atoms with Crippen molar-refractivity contribution in [2.45, 2.75) is 39.7 Å². The molecule has 0 atom stereocenters. The van der Waals surface area contributed by atoms with Crippen LogP contribution in [0.2, 0.25) is 0 Å². The summed E-state index contributed by atoms with van der Waals surface area (Å²) < 4.78 is 7.44. The number of hydrogen-bond donors (Lipinski definition) is 2. The van der Waals surface area contributed by atoms with Crippen molar-refractivity contribution in [3.63, 3.8) is 0 Å². The highest BCUT2D eigenvalue weighted by molar-refractivity contribution is 14.0. The van der Waals surface area contributed by atoms with E-state index in [4.69, 9.17) is 4.52 Å². The highest BCUT2D eigenvalue weighted by Gasteiger charge is 2.13. The van der Waals surface area contributed by atoms with E-state index in [9.17, 15) is 0 Å². The molecule has 0 aliphatic heterocycles. The molecule has 0 amide bonds. The number of nitrogens with zero attached hydrogens (tertiary/aromatic N) is 4. The Labute approximate surface area is 176 Å². The molecular weight excluding hydrogens is 455 g/mol. The first kappa shape index (κ1) is 21.2. The van der Waals surface area contributed by atoms with E-state index in [0.717, 1.165) is 60.1 Å². The van der Waals surface area contributed by atoms with E-state index < -0.39 is 0 Å². The lowest BCUT2D eigenvalue weighted by Gasteiger charge is -2.11. The molecule has 0 aromatic carbocycles. The Morgan fingerprint density at radius 1 is 1.22 bits per heavy atom. The predicted molar refractivity (Wildman–Crippen MR) is 118 cm³/mol. The van der Waals surface area contributed by atoms with Gasteiger partial charge in [0, 0.05) is 50.9 Å².